The number of rotatable bonds is 7. The number of nitrogens with one attached hydrogen (secondary N) is 2. The number of hydrogen-bond donors (Lipinski definition) is 2. The first-order valence-corrected chi connectivity index (χ1v) is 10.6. The smallest absolute Gasteiger partial charge is 0.321 e. The lowest BCUT2D eigenvalue weighted by molar-refractivity contribution is -0.119. The normalized spacial score (nSPS) is 15.5. The molecule has 1 aliphatic rings. The fraction of sp³-hybridized carbons (Fsp3) is 0.526. The minimum Gasteiger partial charge on any atom is -0.497 e. The molecule has 1 aliphatic carbocycles. The van der Waals surface area contributed by atoms with Gasteiger partial charge in [0.25, 0.3) is 0 Å². The van der Waals surface area contributed by atoms with Crippen LogP contribution in [-0.4, -0.2) is 50.5 Å². The van der Waals surface area contributed by atoms with Crippen LogP contribution in [0.5, 0.6) is 5.75 Å². The second-order valence-corrected chi connectivity index (χ2v) is 8.33. The number of methoxy groups -OCH3 is 1. The molecule has 0 radical (unpaired) electrons. The molecule has 3 amide bonds. The van der Waals surface area contributed by atoms with Crippen molar-refractivity contribution < 1.29 is 14.3 Å². The maximum Gasteiger partial charge on any atom is 0.321 e. The van der Waals surface area contributed by atoms with E-state index in [9.17, 15) is 9.59 Å². The number of carbonyl (C=O) groups is 2. The van der Waals surface area contributed by atoms with Gasteiger partial charge < -0.3 is 10.1 Å². The van der Waals surface area contributed by atoms with E-state index in [0.29, 0.717) is 11.7 Å². The fourth-order valence-corrected chi connectivity index (χ4v) is 3.97. The molecule has 0 bridgehead atoms. The third kappa shape index (κ3) is 6.18. The quantitative estimate of drug-likeness (QED) is 0.664. The molecule has 1 saturated carbocycles. The van der Waals surface area contributed by atoms with E-state index in [4.69, 9.17) is 4.74 Å². The summed E-state index contributed by atoms with van der Waals surface area (Å²) in [6.07, 6.45) is 5.36. The molecule has 1 unspecified atom stereocenters. The third-order valence-corrected chi connectivity index (χ3v) is 5.89. The number of nitrogens with zero attached hydrogens (tertiary/aromatic N) is 4. The average Bonchev–Trinajstić information content (AvgIpc) is 3.15. The number of carbonyl (C=O) groups excluding carboxylic acids is 2. The van der Waals surface area contributed by atoms with E-state index in [1.54, 1.807) is 18.7 Å². The van der Waals surface area contributed by atoms with E-state index >= 15 is 0 Å². The SMILES string of the molecule is COc1ccc(Cn2nnnc2SC(C)C(=O)NC(=O)NC2CCCCC2)cc1. The molecule has 29 heavy (non-hydrogen) atoms. The molecule has 1 atom stereocenters. The zero-order chi connectivity index (χ0) is 20.6. The number of aromatic nitrogens is 4. The van der Waals surface area contributed by atoms with Gasteiger partial charge in [0.05, 0.1) is 18.9 Å². The van der Waals surface area contributed by atoms with Gasteiger partial charge in [0.2, 0.25) is 11.1 Å². The molecule has 3 rings (SSSR count). The summed E-state index contributed by atoms with van der Waals surface area (Å²) in [5, 5.41) is 17.0. The van der Waals surface area contributed by atoms with Gasteiger partial charge >= 0.3 is 6.03 Å². The van der Waals surface area contributed by atoms with Crippen LogP contribution in [-0.2, 0) is 11.3 Å². The van der Waals surface area contributed by atoms with Gasteiger partial charge in [0.1, 0.15) is 5.75 Å². The molecule has 2 aromatic rings. The first kappa shape index (κ1) is 21.1. The van der Waals surface area contributed by atoms with Crippen molar-refractivity contribution in [3.8, 4) is 5.75 Å². The molecule has 1 fully saturated rings. The molecule has 156 valence electrons. The molecule has 1 heterocycles. The predicted octanol–water partition coefficient (Wildman–Crippen LogP) is 2.37. The third-order valence-electron chi connectivity index (χ3n) is 4.82. The summed E-state index contributed by atoms with van der Waals surface area (Å²) < 4.78 is 6.78. The Morgan fingerprint density at radius 2 is 1.97 bits per heavy atom. The maximum atomic E-state index is 12.4. The largest absolute Gasteiger partial charge is 0.497 e. The van der Waals surface area contributed by atoms with Crippen LogP contribution in [0.1, 0.15) is 44.6 Å². The number of hydrogen-bond acceptors (Lipinski definition) is 7. The van der Waals surface area contributed by atoms with Gasteiger partial charge in [-0.3, -0.25) is 10.1 Å². The van der Waals surface area contributed by atoms with Gasteiger partial charge in [-0.05, 0) is 47.9 Å². The van der Waals surface area contributed by atoms with Crippen LogP contribution >= 0.6 is 11.8 Å². The molecule has 10 heteroatoms. The van der Waals surface area contributed by atoms with Crippen LogP contribution in [0.2, 0.25) is 0 Å². The Kier molecular flexibility index (Phi) is 7.45. The molecular formula is C19H26N6O3S. The molecule has 0 saturated heterocycles. The van der Waals surface area contributed by atoms with Crippen molar-refractivity contribution >= 4 is 23.7 Å². The average molecular weight is 419 g/mol. The van der Waals surface area contributed by atoms with Crippen molar-refractivity contribution in [2.45, 2.75) is 62.0 Å². The van der Waals surface area contributed by atoms with Crippen molar-refractivity contribution in [3.05, 3.63) is 29.8 Å². The van der Waals surface area contributed by atoms with E-state index in [-0.39, 0.29) is 11.9 Å². The number of urea groups is 1. The summed E-state index contributed by atoms with van der Waals surface area (Å²) in [6.45, 7) is 2.19. The summed E-state index contributed by atoms with van der Waals surface area (Å²) in [5.74, 6) is 0.402. The first-order valence-electron chi connectivity index (χ1n) is 9.72. The highest BCUT2D eigenvalue weighted by molar-refractivity contribution is 8.00. The molecule has 1 aromatic carbocycles. The van der Waals surface area contributed by atoms with Gasteiger partial charge in [-0.25, -0.2) is 9.48 Å². The van der Waals surface area contributed by atoms with Crippen LogP contribution < -0.4 is 15.4 Å². The lowest BCUT2D eigenvalue weighted by atomic mass is 9.96. The first-order chi connectivity index (χ1) is 14.0. The van der Waals surface area contributed by atoms with Crippen molar-refractivity contribution in [2.75, 3.05) is 7.11 Å². The Labute approximate surface area is 174 Å². The van der Waals surface area contributed by atoms with Crippen LogP contribution in [0.15, 0.2) is 29.4 Å². The highest BCUT2D eigenvalue weighted by Gasteiger charge is 2.22. The monoisotopic (exact) mass is 418 g/mol. The second kappa shape index (κ2) is 10.2. The fourth-order valence-electron chi connectivity index (χ4n) is 3.18. The zero-order valence-corrected chi connectivity index (χ0v) is 17.4. The summed E-state index contributed by atoms with van der Waals surface area (Å²) in [6, 6.07) is 7.31. The second-order valence-electron chi connectivity index (χ2n) is 7.02. The molecule has 2 N–H and O–H groups in total. The number of thioether (sulfide) groups is 1. The van der Waals surface area contributed by atoms with Crippen molar-refractivity contribution in [2.24, 2.45) is 0 Å². The molecule has 1 aromatic heterocycles. The summed E-state index contributed by atoms with van der Waals surface area (Å²) in [7, 11) is 1.62. The lowest BCUT2D eigenvalue weighted by Crippen LogP contribution is -2.47. The van der Waals surface area contributed by atoms with Crippen molar-refractivity contribution in [1.29, 1.82) is 0 Å². The number of benzene rings is 1. The molecule has 0 aliphatic heterocycles. The van der Waals surface area contributed by atoms with E-state index < -0.39 is 11.3 Å². The Morgan fingerprint density at radius 1 is 1.24 bits per heavy atom. The van der Waals surface area contributed by atoms with Crippen LogP contribution in [0, 0.1) is 0 Å². The summed E-state index contributed by atoms with van der Waals surface area (Å²) in [4.78, 5) is 24.5. The minimum atomic E-state index is -0.521. The zero-order valence-electron chi connectivity index (χ0n) is 16.6. The van der Waals surface area contributed by atoms with Gasteiger partial charge in [0.15, 0.2) is 0 Å². The minimum absolute atomic E-state index is 0.149. The van der Waals surface area contributed by atoms with Crippen molar-refractivity contribution in [3.63, 3.8) is 0 Å². The standard InChI is InChI=1S/C19H26N6O3S/c1-13(17(26)21-18(27)20-15-6-4-3-5-7-15)29-19-22-23-24-25(19)12-14-8-10-16(28-2)11-9-14/h8-11,13,15H,3-7,12H2,1-2H3,(H2,20,21,26,27). The van der Waals surface area contributed by atoms with Crippen molar-refractivity contribution in [1.82, 2.24) is 30.8 Å². The Bertz CT molecular complexity index is 820. The summed E-state index contributed by atoms with van der Waals surface area (Å²) in [5.41, 5.74) is 1.00. The van der Waals surface area contributed by atoms with Gasteiger partial charge in [-0.1, -0.05) is 43.2 Å². The van der Waals surface area contributed by atoms with Crippen LogP contribution in [0.3, 0.4) is 0 Å². The van der Waals surface area contributed by atoms with Gasteiger partial charge in [-0.2, -0.15) is 0 Å². The Hall–Kier alpha value is -2.62. The van der Waals surface area contributed by atoms with E-state index in [2.05, 4.69) is 26.2 Å². The number of imide groups is 1. The number of ether oxygens (including phenoxy) is 1. The van der Waals surface area contributed by atoms with Crippen LogP contribution in [0.25, 0.3) is 0 Å². The summed E-state index contributed by atoms with van der Waals surface area (Å²) >= 11 is 1.21. The van der Waals surface area contributed by atoms with Gasteiger partial charge in [0, 0.05) is 6.04 Å². The Balaban J connectivity index is 1.52. The van der Waals surface area contributed by atoms with Gasteiger partial charge in [-0.15, -0.1) is 5.10 Å². The number of tetrazole rings is 1. The number of amides is 3. The van der Waals surface area contributed by atoms with E-state index in [0.717, 1.165) is 37.0 Å². The van der Waals surface area contributed by atoms with E-state index in [1.165, 1.54) is 18.2 Å². The molecule has 0 spiro atoms. The topological polar surface area (TPSA) is 111 Å². The Morgan fingerprint density at radius 3 is 2.66 bits per heavy atom. The van der Waals surface area contributed by atoms with E-state index in [1.807, 2.05) is 24.3 Å². The molecular weight excluding hydrogens is 392 g/mol. The highest BCUT2D eigenvalue weighted by atomic mass is 32.2. The molecule has 9 nitrogen and oxygen atoms in total. The van der Waals surface area contributed by atoms with Crippen LogP contribution in [0.4, 0.5) is 4.79 Å². The highest BCUT2D eigenvalue weighted by Crippen LogP contribution is 2.22. The maximum absolute atomic E-state index is 12.4. The lowest BCUT2D eigenvalue weighted by Gasteiger charge is -2.23. The predicted molar refractivity (Wildman–Crippen MR) is 109 cm³/mol.